The van der Waals surface area contributed by atoms with Crippen molar-refractivity contribution in [2.75, 3.05) is 19.8 Å². The Balaban J connectivity index is 1.64. The van der Waals surface area contributed by atoms with Crippen molar-refractivity contribution >= 4 is 27.9 Å². The number of hydrogen-bond acceptors (Lipinski definition) is 5. The Kier molecular flexibility index (Phi) is 6.05. The zero-order valence-electron chi connectivity index (χ0n) is 17.3. The number of aromatic amines is 1. The summed E-state index contributed by atoms with van der Waals surface area (Å²) in [4.78, 5) is 34.2. The van der Waals surface area contributed by atoms with Gasteiger partial charge in [-0.05, 0) is 23.6 Å². The van der Waals surface area contributed by atoms with Gasteiger partial charge in [-0.3, -0.25) is 4.79 Å². The SMILES string of the molecule is CC(C)C(NC(=O)O)C(=O)N1CC2(C[C@H]1c1ncc(-c3ccc(Br)cc3)[nH]1)OCCO2. The maximum Gasteiger partial charge on any atom is 0.405 e. The molecule has 0 radical (unpaired) electrons. The predicted octanol–water partition coefficient (Wildman–Crippen LogP) is 3.15. The lowest BCUT2D eigenvalue weighted by Crippen LogP contribution is -2.51. The van der Waals surface area contributed by atoms with E-state index in [1.807, 2.05) is 24.3 Å². The van der Waals surface area contributed by atoms with E-state index in [1.54, 1.807) is 24.9 Å². The Morgan fingerprint density at radius 3 is 2.58 bits per heavy atom. The molecule has 2 aromatic rings. The van der Waals surface area contributed by atoms with Crippen LogP contribution in [0.4, 0.5) is 4.79 Å². The maximum absolute atomic E-state index is 13.4. The molecule has 10 heteroatoms. The summed E-state index contributed by atoms with van der Waals surface area (Å²) in [7, 11) is 0. The molecular formula is C21H25BrN4O5. The first-order chi connectivity index (χ1) is 14.8. The Morgan fingerprint density at radius 2 is 1.97 bits per heavy atom. The van der Waals surface area contributed by atoms with Gasteiger partial charge in [0.2, 0.25) is 5.91 Å². The van der Waals surface area contributed by atoms with Crippen LogP contribution in [0.25, 0.3) is 11.3 Å². The number of halogens is 1. The van der Waals surface area contributed by atoms with Crippen LogP contribution < -0.4 is 5.32 Å². The van der Waals surface area contributed by atoms with E-state index >= 15 is 0 Å². The molecule has 31 heavy (non-hydrogen) atoms. The van der Waals surface area contributed by atoms with Crippen LogP contribution in [0.5, 0.6) is 0 Å². The third-order valence-electron chi connectivity index (χ3n) is 5.67. The summed E-state index contributed by atoms with van der Waals surface area (Å²) in [5.41, 5.74) is 1.79. The highest BCUT2D eigenvalue weighted by molar-refractivity contribution is 9.10. The summed E-state index contributed by atoms with van der Waals surface area (Å²) in [6.45, 7) is 4.74. The fraction of sp³-hybridized carbons (Fsp3) is 0.476. The van der Waals surface area contributed by atoms with Gasteiger partial charge in [0.05, 0.1) is 37.7 Å². The van der Waals surface area contributed by atoms with E-state index in [4.69, 9.17) is 9.47 Å². The number of benzene rings is 1. The van der Waals surface area contributed by atoms with Crippen molar-refractivity contribution < 1.29 is 24.2 Å². The third kappa shape index (κ3) is 4.46. The minimum atomic E-state index is -1.23. The average molecular weight is 493 g/mol. The number of hydrogen-bond donors (Lipinski definition) is 3. The van der Waals surface area contributed by atoms with E-state index in [-0.39, 0.29) is 18.4 Å². The molecule has 4 rings (SSSR count). The van der Waals surface area contributed by atoms with Crippen LogP contribution in [-0.2, 0) is 14.3 Å². The second-order valence-electron chi connectivity index (χ2n) is 8.15. The van der Waals surface area contributed by atoms with E-state index in [9.17, 15) is 14.7 Å². The van der Waals surface area contributed by atoms with Crippen LogP contribution >= 0.6 is 15.9 Å². The van der Waals surface area contributed by atoms with Crippen LogP contribution in [0.3, 0.4) is 0 Å². The summed E-state index contributed by atoms with van der Waals surface area (Å²) in [5.74, 6) is -0.823. The average Bonchev–Trinajstić information content (AvgIpc) is 3.46. The van der Waals surface area contributed by atoms with Gasteiger partial charge in [-0.1, -0.05) is 41.9 Å². The number of nitrogens with one attached hydrogen (secondary N) is 2. The number of rotatable bonds is 5. The number of likely N-dealkylation sites (tertiary alicyclic amines) is 1. The van der Waals surface area contributed by atoms with E-state index in [0.717, 1.165) is 15.7 Å². The summed E-state index contributed by atoms with van der Waals surface area (Å²) in [6.07, 6.45) is 0.920. The number of amides is 2. The lowest BCUT2D eigenvalue weighted by molar-refractivity contribution is -0.153. The van der Waals surface area contributed by atoms with Gasteiger partial charge in [-0.2, -0.15) is 0 Å². The highest BCUT2D eigenvalue weighted by Gasteiger charge is 2.52. The standard InChI is InChI=1S/C21H25BrN4O5/c1-12(2)17(25-20(28)29)19(27)26-11-21(30-7-8-31-21)9-16(26)18-23-10-15(24-18)13-3-5-14(22)6-4-13/h3-6,10,12,16-17,25H,7-9,11H2,1-2H3,(H,23,24)(H,28,29)/t16-,17?/m0/s1. The van der Waals surface area contributed by atoms with Crippen LogP contribution in [0, 0.1) is 5.92 Å². The van der Waals surface area contributed by atoms with Crippen molar-refractivity contribution in [2.45, 2.75) is 38.1 Å². The molecule has 1 aromatic carbocycles. The first kappa shape index (κ1) is 21.8. The third-order valence-corrected chi connectivity index (χ3v) is 6.20. The number of carbonyl (C=O) groups excluding carboxylic acids is 1. The molecule has 1 unspecified atom stereocenters. The normalized spacial score (nSPS) is 21.0. The van der Waals surface area contributed by atoms with Gasteiger partial charge in [0, 0.05) is 10.9 Å². The Bertz CT molecular complexity index is 955. The molecule has 0 saturated carbocycles. The van der Waals surface area contributed by atoms with Crippen molar-refractivity contribution in [2.24, 2.45) is 5.92 Å². The lowest BCUT2D eigenvalue weighted by atomic mass is 10.0. The topological polar surface area (TPSA) is 117 Å². The molecule has 9 nitrogen and oxygen atoms in total. The fourth-order valence-electron chi connectivity index (χ4n) is 4.13. The first-order valence-corrected chi connectivity index (χ1v) is 11.0. The van der Waals surface area contributed by atoms with Gasteiger partial charge in [-0.15, -0.1) is 0 Å². The highest BCUT2D eigenvalue weighted by Crippen LogP contribution is 2.42. The molecule has 2 fully saturated rings. The largest absolute Gasteiger partial charge is 0.465 e. The second kappa shape index (κ2) is 8.60. The van der Waals surface area contributed by atoms with Gasteiger partial charge in [0.25, 0.3) is 0 Å². The highest BCUT2D eigenvalue weighted by atomic mass is 79.9. The van der Waals surface area contributed by atoms with Gasteiger partial charge < -0.3 is 29.8 Å². The molecule has 2 aliphatic rings. The monoisotopic (exact) mass is 492 g/mol. The fourth-order valence-corrected chi connectivity index (χ4v) is 4.39. The molecule has 2 saturated heterocycles. The zero-order chi connectivity index (χ0) is 22.2. The number of carboxylic acid groups (broad SMARTS) is 1. The van der Waals surface area contributed by atoms with Crippen LogP contribution in [0.1, 0.15) is 32.1 Å². The molecule has 2 atom stereocenters. The number of ether oxygens (including phenoxy) is 2. The van der Waals surface area contributed by atoms with E-state index in [0.29, 0.717) is 25.5 Å². The number of H-pyrrole nitrogens is 1. The van der Waals surface area contributed by atoms with E-state index in [2.05, 4.69) is 31.2 Å². The van der Waals surface area contributed by atoms with E-state index in [1.165, 1.54) is 0 Å². The second-order valence-corrected chi connectivity index (χ2v) is 9.07. The van der Waals surface area contributed by atoms with Crippen LogP contribution in [0.15, 0.2) is 34.9 Å². The predicted molar refractivity (Wildman–Crippen MR) is 115 cm³/mol. The maximum atomic E-state index is 13.4. The van der Waals surface area contributed by atoms with Crippen LogP contribution in [-0.4, -0.2) is 63.6 Å². The number of imidazole rings is 1. The number of aromatic nitrogens is 2. The van der Waals surface area contributed by atoms with Gasteiger partial charge in [0.15, 0.2) is 5.79 Å². The molecule has 0 aliphatic carbocycles. The molecule has 0 bridgehead atoms. The van der Waals surface area contributed by atoms with Crippen molar-refractivity contribution in [3.8, 4) is 11.3 Å². The molecule has 3 heterocycles. The first-order valence-electron chi connectivity index (χ1n) is 10.2. The summed E-state index contributed by atoms with van der Waals surface area (Å²) in [6, 6.07) is 6.52. The molecule has 1 aromatic heterocycles. The molecule has 166 valence electrons. The summed E-state index contributed by atoms with van der Waals surface area (Å²) in [5, 5.41) is 11.6. The number of carbonyl (C=O) groups is 2. The Hall–Kier alpha value is -2.43. The van der Waals surface area contributed by atoms with Crippen molar-refractivity contribution in [1.82, 2.24) is 20.2 Å². The lowest BCUT2D eigenvalue weighted by Gasteiger charge is -2.29. The van der Waals surface area contributed by atoms with E-state index < -0.39 is 24.0 Å². The molecular weight excluding hydrogens is 468 g/mol. The minimum Gasteiger partial charge on any atom is -0.465 e. The van der Waals surface area contributed by atoms with Crippen molar-refractivity contribution in [3.05, 3.63) is 40.8 Å². The summed E-state index contributed by atoms with van der Waals surface area (Å²) < 4.78 is 12.7. The smallest absolute Gasteiger partial charge is 0.405 e. The quantitative estimate of drug-likeness (QED) is 0.590. The number of nitrogens with zero attached hydrogens (tertiary/aromatic N) is 2. The van der Waals surface area contributed by atoms with Crippen molar-refractivity contribution in [1.29, 1.82) is 0 Å². The molecule has 2 aliphatic heterocycles. The molecule has 1 spiro atoms. The Labute approximate surface area is 188 Å². The Morgan fingerprint density at radius 1 is 1.29 bits per heavy atom. The molecule has 3 N–H and O–H groups in total. The van der Waals surface area contributed by atoms with Gasteiger partial charge >= 0.3 is 6.09 Å². The van der Waals surface area contributed by atoms with Crippen LogP contribution in [0.2, 0.25) is 0 Å². The van der Waals surface area contributed by atoms with Gasteiger partial charge in [-0.25, -0.2) is 9.78 Å². The summed E-state index contributed by atoms with van der Waals surface area (Å²) >= 11 is 3.43. The zero-order valence-corrected chi connectivity index (χ0v) is 18.9. The minimum absolute atomic E-state index is 0.218. The van der Waals surface area contributed by atoms with Gasteiger partial charge in [0.1, 0.15) is 11.9 Å². The van der Waals surface area contributed by atoms with Crippen molar-refractivity contribution in [3.63, 3.8) is 0 Å². The molecule has 2 amide bonds.